The van der Waals surface area contributed by atoms with E-state index in [9.17, 15) is 0 Å². The highest BCUT2D eigenvalue weighted by Gasteiger charge is 1.96. The molecular weight excluding hydrogens is 196 g/mol. The molecule has 0 fully saturated rings. The third kappa shape index (κ3) is 5.29. The average Bonchev–Trinajstić information content (AvgIpc) is 2.63. The van der Waals surface area contributed by atoms with Crippen molar-refractivity contribution in [3.8, 4) is 0 Å². The van der Waals surface area contributed by atoms with Gasteiger partial charge in [-0.1, -0.05) is 0 Å². The second kappa shape index (κ2) is 6.90. The van der Waals surface area contributed by atoms with E-state index < -0.39 is 0 Å². The fourth-order valence-electron chi connectivity index (χ4n) is 1.12. The first-order valence-electron chi connectivity index (χ1n) is 4.89. The van der Waals surface area contributed by atoms with Gasteiger partial charge in [-0.15, -0.1) is 0 Å². The highest BCUT2D eigenvalue weighted by atomic mass is 32.2. The van der Waals surface area contributed by atoms with Gasteiger partial charge in [-0.05, 0) is 32.8 Å². The van der Waals surface area contributed by atoms with Crippen LogP contribution in [0.15, 0.2) is 17.0 Å². The molecule has 0 saturated heterocycles. The summed E-state index contributed by atoms with van der Waals surface area (Å²) < 4.78 is 5.15. The number of aryl methyl sites for hydroxylation is 1. The molecule has 3 nitrogen and oxygen atoms in total. The van der Waals surface area contributed by atoms with Gasteiger partial charge in [-0.3, -0.25) is 0 Å². The molecule has 0 amide bonds. The van der Waals surface area contributed by atoms with Crippen LogP contribution in [0.5, 0.6) is 0 Å². The predicted molar refractivity (Wildman–Crippen MR) is 60.7 cm³/mol. The van der Waals surface area contributed by atoms with Crippen LogP contribution < -0.4 is 0 Å². The van der Waals surface area contributed by atoms with Gasteiger partial charge in [0.05, 0.1) is 6.20 Å². The molecule has 0 aromatic carbocycles. The largest absolute Gasteiger partial charge is 0.448 e. The maximum atomic E-state index is 5.15. The zero-order valence-electron chi connectivity index (χ0n) is 8.90. The van der Waals surface area contributed by atoms with E-state index in [4.69, 9.17) is 4.42 Å². The number of thioether (sulfide) groups is 1. The summed E-state index contributed by atoms with van der Waals surface area (Å²) in [7, 11) is 4.22. The Kier molecular flexibility index (Phi) is 5.71. The van der Waals surface area contributed by atoms with Crippen molar-refractivity contribution in [3.05, 3.63) is 18.4 Å². The summed E-state index contributed by atoms with van der Waals surface area (Å²) in [4.78, 5) is 6.10. The van der Waals surface area contributed by atoms with Crippen LogP contribution in [0.2, 0.25) is 0 Å². The molecule has 1 heterocycles. The second-order valence-electron chi connectivity index (χ2n) is 3.49. The summed E-state index contributed by atoms with van der Waals surface area (Å²) in [6, 6.07) is 0. The molecular formula is C10H18N2OS. The monoisotopic (exact) mass is 214 g/mol. The van der Waals surface area contributed by atoms with E-state index in [1.165, 1.54) is 25.1 Å². The molecule has 0 saturated carbocycles. The fraction of sp³-hybridized carbons (Fsp3) is 0.700. The number of nitrogens with zero attached hydrogens (tertiary/aromatic N) is 2. The normalized spacial score (nSPS) is 11.1. The van der Waals surface area contributed by atoms with Gasteiger partial charge in [0.15, 0.2) is 6.39 Å². The van der Waals surface area contributed by atoms with E-state index in [1.807, 2.05) is 11.8 Å². The number of hydrogen-bond acceptors (Lipinski definition) is 4. The Morgan fingerprint density at radius 2 is 2.29 bits per heavy atom. The van der Waals surface area contributed by atoms with Crippen LogP contribution in [0.4, 0.5) is 0 Å². The van der Waals surface area contributed by atoms with E-state index in [2.05, 4.69) is 24.0 Å². The van der Waals surface area contributed by atoms with Crippen LogP contribution in [-0.2, 0) is 6.42 Å². The van der Waals surface area contributed by atoms with Gasteiger partial charge in [0.25, 0.3) is 0 Å². The highest BCUT2D eigenvalue weighted by Crippen LogP contribution is 2.07. The lowest BCUT2D eigenvalue weighted by atomic mass is 10.4. The number of rotatable bonds is 7. The minimum Gasteiger partial charge on any atom is -0.448 e. The minimum absolute atomic E-state index is 0.991. The SMILES string of the molecule is CN(C)CCCSCCc1cnco1. The first kappa shape index (κ1) is 11.6. The predicted octanol–water partition coefficient (Wildman–Crippen LogP) is 1.90. The Balaban J connectivity index is 1.90. The Morgan fingerprint density at radius 3 is 2.93 bits per heavy atom. The van der Waals surface area contributed by atoms with Crippen molar-refractivity contribution in [2.75, 3.05) is 32.1 Å². The topological polar surface area (TPSA) is 29.3 Å². The quantitative estimate of drug-likeness (QED) is 0.648. The van der Waals surface area contributed by atoms with Crippen molar-refractivity contribution in [1.29, 1.82) is 0 Å². The van der Waals surface area contributed by atoms with Crippen molar-refractivity contribution in [2.24, 2.45) is 0 Å². The molecule has 4 heteroatoms. The molecule has 0 unspecified atom stereocenters. The molecule has 1 aromatic heterocycles. The fourth-order valence-corrected chi connectivity index (χ4v) is 2.01. The van der Waals surface area contributed by atoms with E-state index in [0.717, 1.165) is 17.9 Å². The Morgan fingerprint density at radius 1 is 1.43 bits per heavy atom. The summed E-state index contributed by atoms with van der Waals surface area (Å²) in [5.74, 6) is 3.35. The molecule has 0 aliphatic rings. The summed E-state index contributed by atoms with van der Waals surface area (Å²) in [5, 5.41) is 0. The smallest absolute Gasteiger partial charge is 0.180 e. The molecule has 0 aliphatic heterocycles. The maximum Gasteiger partial charge on any atom is 0.180 e. The standard InChI is InChI=1S/C10H18N2OS/c1-12(2)5-3-6-14-7-4-10-8-11-9-13-10/h8-9H,3-7H2,1-2H3. The maximum absolute atomic E-state index is 5.15. The molecule has 0 aliphatic carbocycles. The lowest BCUT2D eigenvalue weighted by Gasteiger charge is -2.07. The van der Waals surface area contributed by atoms with Gasteiger partial charge in [-0.25, -0.2) is 4.98 Å². The van der Waals surface area contributed by atoms with Crippen LogP contribution in [0.25, 0.3) is 0 Å². The lowest BCUT2D eigenvalue weighted by Crippen LogP contribution is -2.13. The van der Waals surface area contributed by atoms with Gasteiger partial charge in [-0.2, -0.15) is 11.8 Å². The van der Waals surface area contributed by atoms with Gasteiger partial charge in [0.2, 0.25) is 0 Å². The van der Waals surface area contributed by atoms with E-state index >= 15 is 0 Å². The lowest BCUT2D eigenvalue weighted by molar-refractivity contribution is 0.410. The molecule has 14 heavy (non-hydrogen) atoms. The van der Waals surface area contributed by atoms with Gasteiger partial charge < -0.3 is 9.32 Å². The third-order valence-electron chi connectivity index (χ3n) is 1.87. The summed E-state index contributed by atoms with van der Waals surface area (Å²) >= 11 is 1.98. The van der Waals surface area contributed by atoms with E-state index in [-0.39, 0.29) is 0 Å². The number of aromatic nitrogens is 1. The van der Waals surface area contributed by atoms with Crippen LogP contribution in [0.1, 0.15) is 12.2 Å². The van der Waals surface area contributed by atoms with Crippen molar-refractivity contribution >= 4 is 11.8 Å². The van der Waals surface area contributed by atoms with Crippen LogP contribution in [0.3, 0.4) is 0 Å². The molecule has 1 rings (SSSR count). The highest BCUT2D eigenvalue weighted by molar-refractivity contribution is 7.99. The summed E-state index contributed by atoms with van der Waals surface area (Å²) in [5.41, 5.74) is 0. The van der Waals surface area contributed by atoms with Gasteiger partial charge >= 0.3 is 0 Å². The first-order chi connectivity index (χ1) is 6.79. The van der Waals surface area contributed by atoms with Crippen molar-refractivity contribution in [1.82, 2.24) is 9.88 Å². The first-order valence-corrected chi connectivity index (χ1v) is 6.04. The molecule has 80 valence electrons. The van der Waals surface area contributed by atoms with Crippen LogP contribution in [-0.4, -0.2) is 42.0 Å². The Hall–Kier alpha value is -0.480. The number of oxazole rings is 1. The van der Waals surface area contributed by atoms with Crippen LogP contribution >= 0.6 is 11.8 Å². The molecule has 0 bridgehead atoms. The van der Waals surface area contributed by atoms with Crippen molar-refractivity contribution in [3.63, 3.8) is 0 Å². The summed E-state index contributed by atoms with van der Waals surface area (Å²) in [6.45, 7) is 1.18. The van der Waals surface area contributed by atoms with Gasteiger partial charge in [0.1, 0.15) is 5.76 Å². The zero-order chi connectivity index (χ0) is 10.2. The molecule has 1 aromatic rings. The van der Waals surface area contributed by atoms with E-state index in [1.54, 1.807) is 6.20 Å². The molecule has 0 N–H and O–H groups in total. The van der Waals surface area contributed by atoms with Crippen molar-refractivity contribution in [2.45, 2.75) is 12.8 Å². The second-order valence-corrected chi connectivity index (χ2v) is 4.71. The number of hydrogen-bond donors (Lipinski definition) is 0. The van der Waals surface area contributed by atoms with E-state index in [0.29, 0.717) is 0 Å². The Labute approximate surface area is 89.9 Å². The molecule has 0 spiro atoms. The zero-order valence-corrected chi connectivity index (χ0v) is 9.72. The van der Waals surface area contributed by atoms with Crippen molar-refractivity contribution < 1.29 is 4.42 Å². The van der Waals surface area contributed by atoms with Gasteiger partial charge in [0, 0.05) is 12.2 Å². The summed E-state index contributed by atoms with van der Waals surface area (Å²) in [6.07, 6.45) is 5.53. The third-order valence-corrected chi connectivity index (χ3v) is 2.94. The minimum atomic E-state index is 0.991. The molecule has 0 radical (unpaired) electrons. The Bertz CT molecular complexity index is 224. The average molecular weight is 214 g/mol. The molecule has 0 atom stereocenters. The van der Waals surface area contributed by atoms with Crippen LogP contribution in [0, 0.1) is 0 Å².